The van der Waals surface area contributed by atoms with Crippen molar-refractivity contribution in [1.29, 1.82) is 0 Å². The number of rotatable bonds is 5. The maximum Gasteiger partial charge on any atom is 0.227 e. The Morgan fingerprint density at radius 1 is 1.32 bits per heavy atom. The molecule has 1 amide bonds. The van der Waals surface area contributed by atoms with Gasteiger partial charge in [0.05, 0.1) is 11.5 Å². The lowest BCUT2D eigenvalue weighted by atomic mass is 9.73. The third-order valence-electron chi connectivity index (χ3n) is 4.03. The number of hydrogen-bond acceptors (Lipinski definition) is 3. The molecule has 0 aromatic heterocycles. The summed E-state index contributed by atoms with van der Waals surface area (Å²) in [5.74, 6) is 0.0302. The van der Waals surface area contributed by atoms with Gasteiger partial charge >= 0.3 is 0 Å². The zero-order valence-corrected chi connectivity index (χ0v) is 12.7. The van der Waals surface area contributed by atoms with Crippen molar-refractivity contribution in [3.05, 3.63) is 0 Å². The van der Waals surface area contributed by atoms with E-state index < -0.39 is 6.10 Å². The average molecular weight is 270 g/mol. The number of aliphatic hydroxyl groups excluding tert-OH is 1. The lowest BCUT2D eigenvalue weighted by Gasteiger charge is -2.35. The Labute approximate surface area is 117 Å². The van der Waals surface area contributed by atoms with Crippen LogP contribution in [-0.4, -0.2) is 30.2 Å². The second-order valence-corrected chi connectivity index (χ2v) is 7.17. The summed E-state index contributed by atoms with van der Waals surface area (Å²) < 4.78 is 0. The number of carbonyl (C=O) groups is 1. The van der Waals surface area contributed by atoms with Crippen molar-refractivity contribution in [2.45, 2.75) is 65.4 Å². The van der Waals surface area contributed by atoms with E-state index in [2.05, 4.69) is 26.1 Å². The van der Waals surface area contributed by atoms with Crippen LogP contribution in [0.15, 0.2) is 0 Å². The third kappa shape index (κ3) is 5.11. The minimum Gasteiger partial charge on any atom is -0.391 e. The Balaban J connectivity index is 2.45. The Morgan fingerprint density at radius 2 is 1.89 bits per heavy atom. The second kappa shape index (κ2) is 6.71. The van der Waals surface area contributed by atoms with Crippen molar-refractivity contribution < 1.29 is 9.90 Å². The highest BCUT2D eigenvalue weighted by atomic mass is 16.3. The Kier molecular flexibility index (Phi) is 5.81. The van der Waals surface area contributed by atoms with E-state index in [1.54, 1.807) is 0 Å². The van der Waals surface area contributed by atoms with Crippen LogP contribution in [0.1, 0.15) is 59.3 Å². The fourth-order valence-electron chi connectivity index (χ4n) is 2.93. The van der Waals surface area contributed by atoms with Gasteiger partial charge in [-0.1, -0.05) is 40.0 Å². The summed E-state index contributed by atoms with van der Waals surface area (Å²) in [5.41, 5.74) is 5.50. The fraction of sp³-hybridized carbons (Fsp3) is 0.933. The predicted octanol–water partition coefficient (Wildman–Crippen LogP) is 1.81. The number of hydrogen-bond donors (Lipinski definition) is 3. The third-order valence-corrected chi connectivity index (χ3v) is 4.03. The van der Waals surface area contributed by atoms with Crippen molar-refractivity contribution in [1.82, 2.24) is 5.32 Å². The van der Waals surface area contributed by atoms with Crippen LogP contribution in [0.2, 0.25) is 0 Å². The van der Waals surface area contributed by atoms with E-state index in [0.29, 0.717) is 19.5 Å². The average Bonchev–Trinajstić information content (AvgIpc) is 2.34. The molecule has 0 radical (unpaired) electrons. The van der Waals surface area contributed by atoms with Crippen molar-refractivity contribution >= 4 is 5.91 Å². The zero-order chi connectivity index (χ0) is 14.5. The first-order chi connectivity index (χ1) is 8.79. The standard InChI is InChI=1S/C15H30N2O2/c1-14(2,3)9-12(18)10-17-13(19)15(11-16)7-5-4-6-8-15/h12,18H,4-11,16H2,1-3H3,(H,17,19). The van der Waals surface area contributed by atoms with Crippen LogP contribution in [0, 0.1) is 10.8 Å². The molecule has 19 heavy (non-hydrogen) atoms. The van der Waals surface area contributed by atoms with Crippen LogP contribution in [0.3, 0.4) is 0 Å². The summed E-state index contributed by atoms with van der Waals surface area (Å²) >= 11 is 0. The second-order valence-electron chi connectivity index (χ2n) is 7.17. The van der Waals surface area contributed by atoms with Crippen molar-refractivity contribution in [3.63, 3.8) is 0 Å². The van der Waals surface area contributed by atoms with Crippen molar-refractivity contribution in [2.24, 2.45) is 16.6 Å². The summed E-state index contributed by atoms with van der Waals surface area (Å²) in [6, 6.07) is 0. The lowest BCUT2D eigenvalue weighted by Crippen LogP contribution is -2.49. The maximum absolute atomic E-state index is 12.3. The topological polar surface area (TPSA) is 75.3 Å². The van der Waals surface area contributed by atoms with E-state index in [1.165, 1.54) is 6.42 Å². The van der Waals surface area contributed by atoms with Gasteiger partial charge < -0.3 is 16.2 Å². The first-order valence-corrected chi connectivity index (χ1v) is 7.45. The molecule has 1 rings (SSSR count). The van der Waals surface area contributed by atoms with E-state index in [9.17, 15) is 9.90 Å². The SMILES string of the molecule is CC(C)(C)CC(O)CNC(=O)C1(CN)CCCCC1. The van der Waals surface area contributed by atoms with Crippen LogP contribution in [0.4, 0.5) is 0 Å². The molecule has 4 N–H and O–H groups in total. The van der Waals surface area contributed by atoms with Crippen LogP contribution in [-0.2, 0) is 4.79 Å². The Hall–Kier alpha value is -0.610. The molecular weight excluding hydrogens is 240 g/mol. The molecule has 4 heteroatoms. The highest BCUT2D eigenvalue weighted by molar-refractivity contribution is 5.83. The van der Waals surface area contributed by atoms with E-state index in [-0.39, 0.29) is 16.7 Å². The molecule has 4 nitrogen and oxygen atoms in total. The van der Waals surface area contributed by atoms with Gasteiger partial charge in [0.25, 0.3) is 0 Å². The molecule has 1 saturated carbocycles. The molecule has 112 valence electrons. The molecule has 0 saturated heterocycles. The van der Waals surface area contributed by atoms with Gasteiger partial charge in [0.15, 0.2) is 0 Å². The zero-order valence-electron chi connectivity index (χ0n) is 12.7. The number of nitrogens with two attached hydrogens (primary N) is 1. The molecule has 0 aliphatic heterocycles. The first kappa shape index (κ1) is 16.4. The van der Waals surface area contributed by atoms with Gasteiger partial charge in [-0.05, 0) is 24.7 Å². The van der Waals surface area contributed by atoms with Crippen molar-refractivity contribution in [3.8, 4) is 0 Å². The Morgan fingerprint density at radius 3 is 2.37 bits per heavy atom. The first-order valence-electron chi connectivity index (χ1n) is 7.45. The van der Waals surface area contributed by atoms with Gasteiger partial charge in [0, 0.05) is 13.1 Å². The quantitative estimate of drug-likeness (QED) is 0.713. The maximum atomic E-state index is 12.3. The number of aliphatic hydroxyl groups is 1. The molecule has 0 aromatic carbocycles. The van der Waals surface area contributed by atoms with Crippen LogP contribution >= 0.6 is 0 Å². The highest BCUT2D eigenvalue weighted by Crippen LogP contribution is 2.35. The molecule has 1 aliphatic rings. The molecule has 1 fully saturated rings. The number of carbonyl (C=O) groups excluding carboxylic acids is 1. The van der Waals surface area contributed by atoms with Gasteiger partial charge in [-0.2, -0.15) is 0 Å². The lowest BCUT2D eigenvalue weighted by molar-refractivity contribution is -0.133. The molecule has 0 aromatic rings. The summed E-state index contributed by atoms with van der Waals surface area (Å²) in [4.78, 5) is 12.3. The van der Waals surface area contributed by atoms with Gasteiger partial charge in [0.1, 0.15) is 0 Å². The van der Waals surface area contributed by atoms with Gasteiger partial charge in [-0.25, -0.2) is 0 Å². The molecule has 1 unspecified atom stereocenters. The summed E-state index contributed by atoms with van der Waals surface area (Å²) in [6.45, 7) is 6.99. The smallest absolute Gasteiger partial charge is 0.227 e. The van der Waals surface area contributed by atoms with Gasteiger partial charge in [-0.3, -0.25) is 4.79 Å². The van der Waals surface area contributed by atoms with Crippen molar-refractivity contribution in [2.75, 3.05) is 13.1 Å². The highest BCUT2D eigenvalue weighted by Gasteiger charge is 2.38. The number of amides is 1. The molecule has 0 spiro atoms. The molecule has 0 heterocycles. The van der Waals surface area contributed by atoms with Gasteiger partial charge in [0.2, 0.25) is 5.91 Å². The largest absolute Gasteiger partial charge is 0.391 e. The minimum absolute atomic E-state index is 0.0302. The van der Waals surface area contributed by atoms with Crippen LogP contribution in [0.25, 0.3) is 0 Å². The summed E-state index contributed by atoms with van der Waals surface area (Å²) in [7, 11) is 0. The van der Waals surface area contributed by atoms with Crippen LogP contribution in [0.5, 0.6) is 0 Å². The molecule has 1 atom stereocenters. The van der Waals surface area contributed by atoms with Crippen LogP contribution < -0.4 is 11.1 Å². The number of nitrogens with one attached hydrogen (secondary N) is 1. The summed E-state index contributed by atoms with van der Waals surface area (Å²) in [6.07, 6.45) is 5.31. The fourth-order valence-corrected chi connectivity index (χ4v) is 2.93. The molecule has 1 aliphatic carbocycles. The summed E-state index contributed by atoms with van der Waals surface area (Å²) in [5, 5.41) is 12.8. The monoisotopic (exact) mass is 270 g/mol. The Bertz CT molecular complexity index is 291. The van der Waals surface area contributed by atoms with E-state index in [0.717, 1.165) is 25.7 Å². The normalized spacial score (nSPS) is 20.9. The molecular formula is C15H30N2O2. The van der Waals surface area contributed by atoms with E-state index >= 15 is 0 Å². The molecule has 0 bridgehead atoms. The minimum atomic E-state index is -0.484. The van der Waals surface area contributed by atoms with E-state index in [4.69, 9.17) is 5.73 Å². The predicted molar refractivity (Wildman–Crippen MR) is 77.7 cm³/mol. The van der Waals surface area contributed by atoms with Gasteiger partial charge in [-0.15, -0.1) is 0 Å². The van der Waals surface area contributed by atoms with E-state index in [1.807, 2.05) is 0 Å².